The molecule has 1 atom stereocenters. The Bertz CT molecular complexity index is 1770. The average molecular weight is 505 g/mol. The predicted octanol–water partition coefficient (Wildman–Crippen LogP) is 10.7. The molecule has 0 saturated carbocycles. The normalized spacial score (nSPS) is 15.8. The van der Waals surface area contributed by atoms with Crippen molar-refractivity contribution < 1.29 is 0 Å². The Morgan fingerprint density at radius 1 is 0.579 bits per heavy atom. The third-order valence-corrected chi connectivity index (χ3v) is 8.96. The maximum atomic E-state index is 2.44. The van der Waals surface area contributed by atoms with E-state index in [0.717, 1.165) is 6.42 Å². The van der Waals surface area contributed by atoms with Crippen LogP contribution in [-0.2, 0) is 6.42 Å². The van der Waals surface area contributed by atoms with Gasteiger partial charge >= 0.3 is 0 Å². The van der Waals surface area contributed by atoms with Crippen LogP contribution in [0.2, 0.25) is 0 Å². The van der Waals surface area contributed by atoms with Crippen LogP contribution in [0.4, 0.5) is 0 Å². The van der Waals surface area contributed by atoms with Crippen molar-refractivity contribution in [2.45, 2.75) is 23.5 Å². The van der Waals surface area contributed by atoms with E-state index in [1.165, 1.54) is 65.4 Å². The van der Waals surface area contributed by atoms with E-state index in [1.807, 2.05) is 11.8 Å². The van der Waals surface area contributed by atoms with Gasteiger partial charge in [0.05, 0.1) is 0 Å². The van der Waals surface area contributed by atoms with E-state index in [9.17, 15) is 0 Å². The second kappa shape index (κ2) is 9.67. The zero-order chi connectivity index (χ0) is 25.5. The van der Waals surface area contributed by atoms with Crippen LogP contribution in [0.5, 0.6) is 0 Å². The molecule has 38 heavy (non-hydrogen) atoms. The molecule has 1 aliphatic heterocycles. The van der Waals surface area contributed by atoms with Crippen LogP contribution < -0.4 is 0 Å². The fourth-order valence-electron chi connectivity index (χ4n) is 5.94. The topological polar surface area (TPSA) is 0 Å². The van der Waals surface area contributed by atoms with Gasteiger partial charge in [0.2, 0.25) is 0 Å². The summed E-state index contributed by atoms with van der Waals surface area (Å²) in [6.07, 6.45) is 5.55. The summed E-state index contributed by atoms with van der Waals surface area (Å²) in [5.74, 6) is 0. The van der Waals surface area contributed by atoms with Gasteiger partial charge in [-0.25, -0.2) is 0 Å². The number of hydrogen-bond donors (Lipinski definition) is 0. The highest BCUT2D eigenvalue weighted by Crippen LogP contribution is 2.46. The lowest BCUT2D eigenvalue weighted by Crippen LogP contribution is -1.94. The number of benzene rings is 6. The fraction of sp³-hybridized carbons (Fsp3) is 0.0811. The highest BCUT2D eigenvalue weighted by atomic mass is 32.2. The minimum atomic E-state index is 0.372. The molecule has 1 heteroatoms. The first-order valence-electron chi connectivity index (χ1n) is 13.3. The van der Waals surface area contributed by atoms with E-state index < -0.39 is 0 Å². The van der Waals surface area contributed by atoms with Crippen molar-refractivity contribution in [3.8, 4) is 22.3 Å². The zero-order valence-corrected chi connectivity index (χ0v) is 22.2. The van der Waals surface area contributed by atoms with Crippen LogP contribution in [-0.4, -0.2) is 0 Å². The molecule has 0 amide bonds. The molecule has 0 aromatic heterocycles. The molecule has 6 aromatic rings. The van der Waals surface area contributed by atoms with Crippen molar-refractivity contribution in [3.63, 3.8) is 0 Å². The molecule has 0 radical (unpaired) electrons. The maximum Gasteiger partial charge on any atom is 0.0322 e. The second-order valence-corrected chi connectivity index (χ2v) is 11.4. The molecule has 1 heterocycles. The van der Waals surface area contributed by atoms with E-state index in [4.69, 9.17) is 0 Å². The van der Waals surface area contributed by atoms with Gasteiger partial charge in [0.15, 0.2) is 0 Å². The van der Waals surface area contributed by atoms with Gasteiger partial charge in [-0.15, -0.1) is 11.8 Å². The van der Waals surface area contributed by atoms with Crippen LogP contribution in [0.25, 0.3) is 49.9 Å². The first-order chi connectivity index (χ1) is 18.8. The maximum absolute atomic E-state index is 2.44. The Morgan fingerprint density at radius 2 is 1.16 bits per heavy atom. The van der Waals surface area contributed by atoms with Crippen LogP contribution in [0.3, 0.4) is 0 Å². The third kappa shape index (κ3) is 3.95. The van der Waals surface area contributed by atoms with Crippen LogP contribution in [0.15, 0.2) is 132 Å². The highest BCUT2D eigenvalue weighted by molar-refractivity contribution is 7.99. The number of hydrogen-bond acceptors (Lipinski definition) is 1. The molecular formula is C37H28S. The van der Waals surface area contributed by atoms with Gasteiger partial charge in [-0.2, -0.15) is 0 Å². The number of fused-ring (bicyclic) bond motifs is 4. The molecule has 0 N–H and O–H groups in total. The van der Waals surface area contributed by atoms with Crippen molar-refractivity contribution in [2.75, 3.05) is 0 Å². The lowest BCUT2D eigenvalue weighted by molar-refractivity contribution is 1.08. The smallest absolute Gasteiger partial charge is 0.0322 e. The Balaban J connectivity index is 1.47. The second-order valence-electron chi connectivity index (χ2n) is 10.0. The summed E-state index contributed by atoms with van der Waals surface area (Å²) in [5.41, 5.74) is 9.30. The van der Waals surface area contributed by atoms with Gasteiger partial charge in [-0.05, 0) is 79.9 Å². The quantitative estimate of drug-likeness (QED) is 0.211. The summed E-state index contributed by atoms with van der Waals surface area (Å²) in [4.78, 5) is 1.37. The molecule has 182 valence electrons. The molecule has 0 saturated heterocycles. The van der Waals surface area contributed by atoms with Crippen LogP contribution in [0, 0.1) is 0 Å². The first-order valence-corrected chi connectivity index (χ1v) is 14.2. The first kappa shape index (κ1) is 23.1. The Kier molecular flexibility index (Phi) is 5.87. The molecule has 0 bridgehead atoms. The lowest BCUT2D eigenvalue weighted by Gasteiger charge is -2.20. The number of thioether (sulfide) groups is 1. The molecular weight excluding hydrogens is 476 g/mol. The third-order valence-electron chi connectivity index (χ3n) is 7.72. The van der Waals surface area contributed by atoms with Gasteiger partial charge < -0.3 is 0 Å². The fourth-order valence-corrected chi connectivity index (χ4v) is 7.16. The summed E-state index contributed by atoms with van der Waals surface area (Å²) >= 11 is 1.98. The molecule has 6 aromatic carbocycles. The van der Waals surface area contributed by atoms with Crippen molar-refractivity contribution >= 4 is 39.4 Å². The van der Waals surface area contributed by atoms with E-state index in [1.54, 1.807) is 0 Å². The van der Waals surface area contributed by atoms with Crippen LogP contribution in [0.1, 0.15) is 28.9 Å². The summed E-state index contributed by atoms with van der Waals surface area (Å²) in [7, 11) is 0. The lowest BCUT2D eigenvalue weighted by atomic mass is 9.86. The standard InChI is InChI=1S/C37H28S/c1-25-30-17-6-5-12-26(30)15-11-16-27-22-23-29(24-35(27)38-25)37-33-20-9-7-18-31(33)36(28-13-3-2-4-14-28)32-19-8-10-21-34(32)37/h2-15,17-25H,16H2,1H3/b15-11-. The zero-order valence-electron chi connectivity index (χ0n) is 21.4. The van der Waals surface area contributed by atoms with Crippen molar-refractivity contribution in [3.05, 3.63) is 144 Å². The number of allylic oxidation sites excluding steroid dienone is 1. The molecule has 1 unspecified atom stereocenters. The Morgan fingerprint density at radius 3 is 1.84 bits per heavy atom. The summed E-state index contributed by atoms with van der Waals surface area (Å²) in [5, 5.41) is 5.58. The minimum Gasteiger partial charge on any atom is -0.118 e. The Labute approximate surface area is 228 Å². The van der Waals surface area contributed by atoms with Crippen LogP contribution >= 0.6 is 11.8 Å². The molecule has 0 fully saturated rings. The highest BCUT2D eigenvalue weighted by Gasteiger charge is 2.19. The SMILES string of the molecule is CC1Sc2cc(-c3c4ccccc4c(-c4ccccc4)c4ccccc34)ccc2C/C=C\c2ccccc21. The van der Waals surface area contributed by atoms with E-state index >= 15 is 0 Å². The summed E-state index contributed by atoms with van der Waals surface area (Å²) in [6, 6.07) is 44.6. The molecule has 7 rings (SSSR count). The number of rotatable bonds is 2. The Hall–Kier alpha value is -4.07. The van der Waals surface area contributed by atoms with E-state index in [-0.39, 0.29) is 0 Å². The van der Waals surface area contributed by atoms with Gasteiger partial charge in [-0.3, -0.25) is 0 Å². The summed E-state index contributed by atoms with van der Waals surface area (Å²) in [6.45, 7) is 2.33. The van der Waals surface area contributed by atoms with E-state index in [0.29, 0.717) is 5.25 Å². The molecule has 0 spiro atoms. The van der Waals surface area contributed by atoms with Gasteiger partial charge in [0.1, 0.15) is 0 Å². The van der Waals surface area contributed by atoms with Gasteiger partial charge in [0, 0.05) is 10.1 Å². The molecule has 0 aliphatic carbocycles. The minimum absolute atomic E-state index is 0.372. The average Bonchev–Trinajstić information content (AvgIpc) is 3.03. The van der Waals surface area contributed by atoms with E-state index in [2.05, 4.69) is 140 Å². The van der Waals surface area contributed by atoms with Crippen molar-refractivity contribution in [1.82, 2.24) is 0 Å². The monoisotopic (exact) mass is 504 g/mol. The molecule has 0 nitrogen and oxygen atoms in total. The summed E-state index contributed by atoms with van der Waals surface area (Å²) < 4.78 is 0. The largest absolute Gasteiger partial charge is 0.118 e. The van der Waals surface area contributed by atoms with Crippen molar-refractivity contribution in [2.24, 2.45) is 0 Å². The molecule has 1 aliphatic rings. The van der Waals surface area contributed by atoms with Crippen molar-refractivity contribution in [1.29, 1.82) is 0 Å². The predicted molar refractivity (Wildman–Crippen MR) is 166 cm³/mol. The van der Waals surface area contributed by atoms with Gasteiger partial charge in [0.25, 0.3) is 0 Å². The van der Waals surface area contributed by atoms with Gasteiger partial charge in [-0.1, -0.05) is 127 Å².